The van der Waals surface area contributed by atoms with Gasteiger partial charge in [-0.2, -0.15) is 0 Å². The first-order valence-electron chi connectivity index (χ1n) is 6.96. The lowest BCUT2D eigenvalue weighted by atomic mass is 10.1. The van der Waals surface area contributed by atoms with Crippen LogP contribution >= 0.6 is 0 Å². The number of rotatable bonds is 3. The molecular formula is C18H19N. The minimum absolute atomic E-state index is 1.07. The van der Waals surface area contributed by atoms with Crippen LogP contribution in [0.25, 0.3) is 28.0 Å². The molecule has 0 unspecified atom stereocenters. The lowest BCUT2D eigenvalue weighted by molar-refractivity contribution is 1.14. The summed E-state index contributed by atoms with van der Waals surface area (Å²) < 4.78 is 2.18. The van der Waals surface area contributed by atoms with E-state index in [1.807, 2.05) is 6.20 Å². The van der Waals surface area contributed by atoms with Gasteiger partial charge in [0.2, 0.25) is 0 Å². The Kier molecular flexibility index (Phi) is 2.90. The Labute approximate surface area is 114 Å². The second-order valence-corrected chi connectivity index (χ2v) is 4.96. The Morgan fingerprint density at radius 2 is 1.37 bits per heavy atom. The van der Waals surface area contributed by atoms with Crippen molar-refractivity contribution in [2.24, 2.45) is 0 Å². The van der Waals surface area contributed by atoms with E-state index in [4.69, 9.17) is 0 Å². The third-order valence-corrected chi connectivity index (χ3v) is 3.93. The van der Waals surface area contributed by atoms with Crippen molar-refractivity contribution in [1.82, 2.24) is 4.57 Å². The highest BCUT2D eigenvalue weighted by molar-refractivity contribution is 6.09. The van der Waals surface area contributed by atoms with Crippen molar-refractivity contribution in [1.29, 1.82) is 0 Å². The fraction of sp³-hybridized carbons (Fsp3) is 0.222. The number of aryl methyl sites for hydroxylation is 2. The van der Waals surface area contributed by atoms with E-state index >= 15 is 0 Å². The molecule has 0 saturated heterocycles. The molecule has 0 aliphatic heterocycles. The quantitative estimate of drug-likeness (QED) is 0.614. The van der Waals surface area contributed by atoms with E-state index in [-0.39, 0.29) is 0 Å². The summed E-state index contributed by atoms with van der Waals surface area (Å²) in [6, 6.07) is 13.5. The molecule has 2 aromatic carbocycles. The monoisotopic (exact) mass is 249 g/mol. The molecule has 0 radical (unpaired) electrons. The zero-order chi connectivity index (χ0) is 13.4. The summed E-state index contributed by atoms with van der Waals surface area (Å²) in [5.74, 6) is 0. The largest absolute Gasteiger partial charge is 0.317 e. The molecule has 0 fully saturated rings. The van der Waals surface area contributed by atoms with Crippen LogP contribution in [-0.4, -0.2) is 4.57 Å². The van der Waals surface area contributed by atoms with Gasteiger partial charge in [0.25, 0.3) is 0 Å². The summed E-state index contributed by atoms with van der Waals surface area (Å²) in [7, 11) is 0. The topological polar surface area (TPSA) is 4.93 Å². The fourth-order valence-electron chi connectivity index (χ4n) is 2.78. The van der Waals surface area contributed by atoms with Crippen LogP contribution in [0.2, 0.25) is 0 Å². The highest BCUT2D eigenvalue weighted by atomic mass is 14.9. The van der Waals surface area contributed by atoms with Crippen LogP contribution in [0.15, 0.2) is 43.0 Å². The summed E-state index contributed by atoms with van der Waals surface area (Å²) in [6.07, 6.45) is 4.05. The van der Waals surface area contributed by atoms with E-state index in [0.29, 0.717) is 0 Å². The van der Waals surface area contributed by atoms with Crippen LogP contribution in [0.4, 0.5) is 0 Å². The predicted octanol–water partition coefficient (Wildman–Crippen LogP) is 5.02. The third-order valence-electron chi connectivity index (χ3n) is 3.93. The van der Waals surface area contributed by atoms with Crippen LogP contribution in [0.5, 0.6) is 0 Å². The molecule has 0 amide bonds. The van der Waals surface area contributed by atoms with Crippen molar-refractivity contribution in [3.05, 3.63) is 54.1 Å². The second-order valence-electron chi connectivity index (χ2n) is 4.96. The van der Waals surface area contributed by atoms with Crippen molar-refractivity contribution in [2.45, 2.75) is 26.7 Å². The molecular weight excluding hydrogens is 230 g/mol. The molecule has 0 aliphatic rings. The number of fused-ring (bicyclic) bond motifs is 3. The van der Waals surface area contributed by atoms with Gasteiger partial charge < -0.3 is 4.57 Å². The number of hydrogen-bond acceptors (Lipinski definition) is 0. The van der Waals surface area contributed by atoms with E-state index in [2.05, 4.69) is 61.4 Å². The molecule has 3 rings (SSSR count). The summed E-state index contributed by atoms with van der Waals surface area (Å²) in [4.78, 5) is 0. The van der Waals surface area contributed by atoms with Crippen LogP contribution in [-0.2, 0) is 12.8 Å². The van der Waals surface area contributed by atoms with Gasteiger partial charge in [-0.1, -0.05) is 32.6 Å². The van der Waals surface area contributed by atoms with E-state index in [0.717, 1.165) is 12.8 Å². The van der Waals surface area contributed by atoms with Gasteiger partial charge in [-0.3, -0.25) is 0 Å². The summed E-state index contributed by atoms with van der Waals surface area (Å²) >= 11 is 0. The van der Waals surface area contributed by atoms with Gasteiger partial charge in [-0.15, -0.1) is 0 Å². The molecule has 0 atom stereocenters. The van der Waals surface area contributed by atoms with E-state index in [1.54, 1.807) is 0 Å². The van der Waals surface area contributed by atoms with Gasteiger partial charge in [0.1, 0.15) is 0 Å². The van der Waals surface area contributed by atoms with Crippen molar-refractivity contribution in [3.8, 4) is 0 Å². The van der Waals surface area contributed by atoms with Crippen molar-refractivity contribution in [3.63, 3.8) is 0 Å². The standard InChI is InChI=1S/C18H19N/c1-4-13-7-9-17-15(11-13)16-12-14(5-2)8-10-18(16)19(17)6-3/h6-12H,3-5H2,1-2H3. The second kappa shape index (κ2) is 4.58. The molecule has 1 heteroatoms. The van der Waals surface area contributed by atoms with Gasteiger partial charge in [0.05, 0.1) is 11.0 Å². The van der Waals surface area contributed by atoms with Crippen LogP contribution in [0.1, 0.15) is 25.0 Å². The Bertz CT molecular complexity index is 701. The Hall–Kier alpha value is -2.02. The fourth-order valence-corrected chi connectivity index (χ4v) is 2.78. The van der Waals surface area contributed by atoms with E-state index in [9.17, 15) is 0 Å². The maximum Gasteiger partial charge on any atom is 0.0534 e. The molecule has 96 valence electrons. The molecule has 0 bridgehead atoms. The van der Waals surface area contributed by atoms with Gasteiger partial charge in [0, 0.05) is 17.0 Å². The first kappa shape index (κ1) is 12.0. The molecule has 1 heterocycles. The Morgan fingerprint density at radius 1 is 0.895 bits per heavy atom. The molecule has 0 saturated carbocycles. The minimum Gasteiger partial charge on any atom is -0.317 e. The van der Waals surface area contributed by atoms with E-state index < -0.39 is 0 Å². The van der Waals surface area contributed by atoms with Gasteiger partial charge in [-0.25, -0.2) is 0 Å². The Morgan fingerprint density at radius 3 is 1.74 bits per heavy atom. The number of benzene rings is 2. The van der Waals surface area contributed by atoms with Gasteiger partial charge >= 0.3 is 0 Å². The summed E-state index contributed by atoms with van der Waals surface area (Å²) in [5, 5.41) is 2.68. The Balaban J connectivity index is 2.47. The number of aromatic nitrogens is 1. The molecule has 0 spiro atoms. The molecule has 1 aromatic heterocycles. The summed E-state index contributed by atoms with van der Waals surface area (Å²) in [5.41, 5.74) is 5.26. The van der Waals surface area contributed by atoms with Gasteiger partial charge in [-0.05, 0) is 48.2 Å². The van der Waals surface area contributed by atoms with E-state index in [1.165, 1.54) is 32.9 Å². The SMILES string of the molecule is C=Cn1c2ccc(CC)cc2c2cc(CC)ccc21. The molecule has 1 nitrogen and oxygen atoms in total. The highest BCUT2D eigenvalue weighted by Gasteiger charge is 2.09. The van der Waals surface area contributed by atoms with Crippen LogP contribution in [0, 0.1) is 0 Å². The lowest BCUT2D eigenvalue weighted by Gasteiger charge is -2.00. The average molecular weight is 249 g/mol. The molecule has 19 heavy (non-hydrogen) atoms. The normalized spacial score (nSPS) is 11.3. The minimum atomic E-state index is 1.07. The van der Waals surface area contributed by atoms with Crippen molar-refractivity contribution in [2.75, 3.05) is 0 Å². The van der Waals surface area contributed by atoms with Crippen LogP contribution < -0.4 is 0 Å². The average Bonchev–Trinajstić information content (AvgIpc) is 2.79. The smallest absolute Gasteiger partial charge is 0.0534 e. The zero-order valence-corrected chi connectivity index (χ0v) is 11.6. The first-order chi connectivity index (χ1) is 9.28. The first-order valence-corrected chi connectivity index (χ1v) is 6.96. The number of hydrogen-bond donors (Lipinski definition) is 0. The maximum atomic E-state index is 3.95. The number of nitrogens with zero attached hydrogens (tertiary/aromatic N) is 1. The third kappa shape index (κ3) is 1.77. The van der Waals surface area contributed by atoms with Gasteiger partial charge in [0.15, 0.2) is 0 Å². The summed E-state index contributed by atoms with van der Waals surface area (Å²) in [6.45, 7) is 8.35. The van der Waals surface area contributed by atoms with Crippen molar-refractivity contribution >= 4 is 28.0 Å². The molecule has 3 aromatic rings. The maximum absolute atomic E-state index is 3.95. The lowest BCUT2D eigenvalue weighted by Crippen LogP contribution is -1.85. The highest BCUT2D eigenvalue weighted by Crippen LogP contribution is 2.31. The zero-order valence-electron chi connectivity index (χ0n) is 11.6. The predicted molar refractivity (Wildman–Crippen MR) is 84.6 cm³/mol. The van der Waals surface area contributed by atoms with Crippen LogP contribution in [0.3, 0.4) is 0 Å². The molecule has 0 N–H and O–H groups in total. The molecule has 0 aliphatic carbocycles. The van der Waals surface area contributed by atoms with Crippen molar-refractivity contribution < 1.29 is 0 Å².